The molecule has 198 valence electrons. The van der Waals surface area contributed by atoms with Crippen LogP contribution >= 0.6 is 11.8 Å². The molecule has 6 rings (SSSR count). The molecule has 2 unspecified atom stereocenters. The van der Waals surface area contributed by atoms with Crippen molar-refractivity contribution in [3.05, 3.63) is 60.2 Å². The van der Waals surface area contributed by atoms with Crippen molar-refractivity contribution in [2.24, 2.45) is 11.8 Å². The molecule has 11 heteroatoms. The topological polar surface area (TPSA) is 129 Å². The van der Waals surface area contributed by atoms with Crippen LogP contribution in [0.15, 0.2) is 54.6 Å². The molecule has 3 aromatic rings. The number of para-hydroxylation sites is 1. The molecule has 4 heterocycles. The molecule has 0 saturated carbocycles. The molecule has 3 saturated heterocycles. The molecule has 38 heavy (non-hydrogen) atoms. The minimum atomic E-state index is -0.867. The number of benzene rings is 2. The first-order chi connectivity index (χ1) is 18.3. The van der Waals surface area contributed by atoms with E-state index in [0.717, 1.165) is 17.5 Å². The second kappa shape index (κ2) is 9.09. The van der Waals surface area contributed by atoms with Crippen molar-refractivity contribution in [1.29, 1.82) is 0 Å². The maximum absolute atomic E-state index is 14.3. The maximum Gasteiger partial charge on any atom is 0.245 e. The van der Waals surface area contributed by atoms with E-state index in [2.05, 4.69) is 20.9 Å². The molecule has 3 aliphatic heterocycles. The van der Waals surface area contributed by atoms with E-state index < -0.39 is 33.4 Å². The van der Waals surface area contributed by atoms with Crippen LogP contribution in [0.2, 0.25) is 0 Å². The Bertz CT molecular complexity index is 1410. The fourth-order valence-electron chi connectivity index (χ4n) is 6.87. The van der Waals surface area contributed by atoms with Gasteiger partial charge in [0.2, 0.25) is 17.7 Å². The second-order valence-electron chi connectivity index (χ2n) is 10.5. The van der Waals surface area contributed by atoms with E-state index in [0.29, 0.717) is 11.9 Å². The van der Waals surface area contributed by atoms with E-state index >= 15 is 0 Å². The molecular formula is C27H30N6O4S. The third-order valence-electron chi connectivity index (χ3n) is 8.51. The van der Waals surface area contributed by atoms with E-state index in [-0.39, 0.29) is 31.0 Å². The average molecular weight is 535 g/mol. The van der Waals surface area contributed by atoms with Gasteiger partial charge in [0.15, 0.2) is 0 Å². The highest BCUT2D eigenvalue weighted by atomic mass is 32.2. The largest absolute Gasteiger partial charge is 0.394 e. The SMILES string of the molecule is CNC(=O)[C@H]1[C@H]2C(=O)N([C@H](CO)c3ccccc3)C(C(=O)NCn3nnc4ccccc43)C23CC[C@]1(C)S3. The molecule has 3 N–H and O–H groups in total. The third-order valence-corrected chi connectivity index (χ3v) is 10.5. The zero-order valence-corrected chi connectivity index (χ0v) is 22.0. The van der Waals surface area contributed by atoms with Gasteiger partial charge in [0.1, 0.15) is 18.2 Å². The molecule has 1 spiro atoms. The van der Waals surface area contributed by atoms with Crippen LogP contribution in [0.1, 0.15) is 31.4 Å². The Hall–Kier alpha value is -3.44. The lowest BCUT2D eigenvalue weighted by atomic mass is 9.66. The van der Waals surface area contributed by atoms with Gasteiger partial charge in [-0.1, -0.05) is 47.7 Å². The summed E-state index contributed by atoms with van der Waals surface area (Å²) in [7, 11) is 1.58. The van der Waals surface area contributed by atoms with Crippen LogP contribution in [0, 0.1) is 11.8 Å². The number of carbonyl (C=O) groups excluding carboxylic acids is 3. The normalized spacial score (nSPS) is 30.4. The number of aliphatic hydroxyl groups is 1. The number of likely N-dealkylation sites (tertiary alicyclic amines) is 1. The van der Waals surface area contributed by atoms with E-state index in [1.54, 1.807) is 28.4 Å². The van der Waals surface area contributed by atoms with Crippen molar-refractivity contribution in [3.8, 4) is 0 Å². The number of nitrogens with one attached hydrogen (secondary N) is 2. The van der Waals surface area contributed by atoms with Gasteiger partial charge in [-0.25, -0.2) is 4.68 Å². The Morgan fingerprint density at radius 2 is 1.87 bits per heavy atom. The number of hydrogen-bond acceptors (Lipinski definition) is 7. The van der Waals surface area contributed by atoms with Crippen LogP contribution < -0.4 is 10.6 Å². The van der Waals surface area contributed by atoms with Gasteiger partial charge in [-0.15, -0.1) is 16.9 Å². The van der Waals surface area contributed by atoms with Crippen molar-refractivity contribution < 1.29 is 19.5 Å². The highest BCUT2D eigenvalue weighted by Crippen LogP contribution is 2.71. The van der Waals surface area contributed by atoms with E-state index in [9.17, 15) is 19.5 Å². The Labute approximate surface area is 224 Å². The van der Waals surface area contributed by atoms with Crippen molar-refractivity contribution in [2.45, 2.75) is 48.0 Å². The van der Waals surface area contributed by atoms with Crippen molar-refractivity contribution >= 4 is 40.5 Å². The predicted octanol–water partition coefficient (Wildman–Crippen LogP) is 1.47. The monoisotopic (exact) mass is 534 g/mol. The van der Waals surface area contributed by atoms with Gasteiger partial charge in [0.25, 0.3) is 0 Å². The van der Waals surface area contributed by atoms with Crippen LogP contribution in [0.25, 0.3) is 11.0 Å². The summed E-state index contributed by atoms with van der Waals surface area (Å²) in [4.78, 5) is 43.0. The standard InChI is InChI=1S/C27H30N6O4S/c1-26-12-13-27(38-26)21(20(26)23(35)28-2)25(37)33(19(14-34)16-8-4-3-5-9-16)22(27)24(36)29-15-32-18-11-7-6-10-17(18)30-31-32/h3-11,19-22,34H,12-15H2,1-2H3,(H,28,35)(H,29,36)/t19-,20-,21+,22?,26+,27?/m1/s1. The number of fused-ring (bicyclic) bond motifs is 2. The number of rotatable bonds is 7. The maximum atomic E-state index is 14.3. The Kier molecular flexibility index (Phi) is 5.95. The molecule has 6 atom stereocenters. The fourth-order valence-corrected chi connectivity index (χ4v) is 9.21. The summed E-state index contributed by atoms with van der Waals surface area (Å²) < 4.78 is 0.381. The summed E-state index contributed by atoms with van der Waals surface area (Å²) in [6, 6.07) is 15.1. The van der Waals surface area contributed by atoms with Crippen LogP contribution in [-0.2, 0) is 21.1 Å². The first kappa shape index (κ1) is 24.9. The highest BCUT2D eigenvalue weighted by molar-refractivity contribution is 8.02. The number of amides is 3. The molecular weight excluding hydrogens is 504 g/mol. The van der Waals surface area contributed by atoms with Crippen LogP contribution in [0.3, 0.4) is 0 Å². The molecule has 0 radical (unpaired) electrons. The van der Waals surface area contributed by atoms with Gasteiger partial charge in [0.05, 0.1) is 34.7 Å². The zero-order valence-electron chi connectivity index (χ0n) is 21.2. The van der Waals surface area contributed by atoms with Gasteiger partial charge in [-0.3, -0.25) is 14.4 Å². The van der Waals surface area contributed by atoms with Crippen molar-refractivity contribution in [3.63, 3.8) is 0 Å². The number of thioether (sulfide) groups is 1. The summed E-state index contributed by atoms with van der Waals surface area (Å²) in [6.45, 7) is 1.76. The zero-order chi connectivity index (χ0) is 26.7. The molecule has 10 nitrogen and oxygen atoms in total. The first-order valence-corrected chi connectivity index (χ1v) is 13.6. The lowest BCUT2D eigenvalue weighted by Crippen LogP contribution is -2.54. The minimum Gasteiger partial charge on any atom is -0.394 e. The molecule has 3 fully saturated rings. The lowest BCUT2D eigenvalue weighted by molar-refractivity contribution is -0.143. The molecule has 0 aliphatic carbocycles. The van der Waals surface area contributed by atoms with E-state index in [4.69, 9.17) is 0 Å². The number of hydrogen-bond donors (Lipinski definition) is 3. The second-order valence-corrected chi connectivity index (χ2v) is 12.4. The van der Waals surface area contributed by atoms with Gasteiger partial charge in [-0.05, 0) is 37.5 Å². The first-order valence-electron chi connectivity index (χ1n) is 12.8. The van der Waals surface area contributed by atoms with Crippen molar-refractivity contribution in [1.82, 2.24) is 30.5 Å². The molecule has 3 aliphatic rings. The average Bonchev–Trinajstić information content (AvgIpc) is 3.64. The summed E-state index contributed by atoms with van der Waals surface area (Å²) in [5, 5.41) is 24.6. The van der Waals surface area contributed by atoms with Gasteiger partial charge >= 0.3 is 0 Å². The highest BCUT2D eigenvalue weighted by Gasteiger charge is 2.77. The van der Waals surface area contributed by atoms with Gasteiger partial charge in [-0.2, -0.15) is 0 Å². The summed E-state index contributed by atoms with van der Waals surface area (Å²) in [6.07, 6.45) is 1.35. The quantitative estimate of drug-likeness (QED) is 0.419. The Morgan fingerprint density at radius 3 is 2.61 bits per heavy atom. The van der Waals surface area contributed by atoms with Gasteiger partial charge < -0.3 is 20.6 Å². The molecule has 3 amide bonds. The molecule has 2 aromatic carbocycles. The van der Waals surface area contributed by atoms with Gasteiger partial charge in [0, 0.05) is 11.8 Å². The van der Waals surface area contributed by atoms with Crippen LogP contribution in [0.4, 0.5) is 0 Å². The number of aromatic nitrogens is 3. The number of aliphatic hydroxyl groups excluding tert-OH is 1. The minimum absolute atomic E-state index is 0.0779. The number of carbonyl (C=O) groups is 3. The third kappa shape index (κ3) is 3.48. The Morgan fingerprint density at radius 1 is 1.13 bits per heavy atom. The predicted molar refractivity (Wildman–Crippen MR) is 142 cm³/mol. The summed E-state index contributed by atoms with van der Waals surface area (Å²) in [5.74, 6) is -2.00. The number of nitrogens with zero attached hydrogens (tertiary/aromatic N) is 4. The summed E-state index contributed by atoms with van der Waals surface area (Å²) in [5.41, 5.74) is 2.24. The summed E-state index contributed by atoms with van der Waals surface area (Å²) >= 11 is 1.60. The smallest absolute Gasteiger partial charge is 0.245 e. The molecule has 1 aromatic heterocycles. The van der Waals surface area contributed by atoms with Crippen LogP contribution in [-0.4, -0.2) is 71.9 Å². The molecule has 2 bridgehead atoms. The lowest BCUT2D eigenvalue weighted by Gasteiger charge is -2.37. The van der Waals surface area contributed by atoms with E-state index in [1.807, 2.05) is 61.5 Å². The van der Waals surface area contributed by atoms with Crippen molar-refractivity contribution in [2.75, 3.05) is 13.7 Å². The van der Waals surface area contributed by atoms with E-state index in [1.165, 1.54) is 0 Å². The van der Waals surface area contributed by atoms with Crippen LogP contribution in [0.5, 0.6) is 0 Å². The fraction of sp³-hybridized carbons (Fsp3) is 0.444. The Balaban J connectivity index is 1.40.